The van der Waals surface area contributed by atoms with Crippen LogP contribution in [-0.2, 0) is 0 Å². The van der Waals surface area contributed by atoms with Crippen LogP contribution in [0.1, 0.15) is 23.6 Å². The summed E-state index contributed by atoms with van der Waals surface area (Å²) in [6.07, 6.45) is 2.51. The lowest BCUT2D eigenvalue weighted by Gasteiger charge is -2.31. The zero-order chi connectivity index (χ0) is 23.3. The van der Waals surface area contributed by atoms with Gasteiger partial charge >= 0.3 is 0 Å². The Hall–Kier alpha value is -3.78. The number of H-pyrrole nitrogens is 1. The zero-order valence-electron chi connectivity index (χ0n) is 18.6. The number of nitrogens with two attached hydrogens (primary N) is 1. The lowest BCUT2D eigenvalue weighted by molar-refractivity contribution is 0.190. The molecule has 4 aromatic rings. The Morgan fingerprint density at radius 1 is 1.09 bits per heavy atom. The Bertz CT molecular complexity index is 1450. The monoisotopic (exact) mass is 445 g/mol. The van der Waals surface area contributed by atoms with Gasteiger partial charge in [-0.25, -0.2) is 4.98 Å². The van der Waals surface area contributed by atoms with Gasteiger partial charge in [-0.1, -0.05) is 6.07 Å². The fourth-order valence-electron chi connectivity index (χ4n) is 4.43. The molecule has 0 fully saturated rings. The second-order valence-corrected chi connectivity index (χ2v) is 8.53. The number of nitrogens with zero attached hydrogens (tertiary/aromatic N) is 3. The summed E-state index contributed by atoms with van der Waals surface area (Å²) in [4.78, 5) is 25.5. The number of nitrogens with one attached hydrogen (secondary N) is 1. The number of hydrogen-bond acceptors (Lipinski definition) is 6. The van der Waals surface area contributed by atoms with Gasteiger partial charge in [0.25, 0.3) is 5.56 Å². The van der Waals surface area contributed by atoms with E-state index < -0.39 is 5.95 Å². The van der Waals surface area contributed by atoms with Crippen molar-refractivity contribution in [3.8, 4) is 28.3 Å². The van der Waals surface area contributed by atoms with E-state index in [0.29, 0.717) is 28.8 Å². The predicted molar refractivity (Wildman–Crippen MR) is 127 cm³/mol. The van der Waals surface area contributed by atoms with Gasteiger partial charge in [0.2, 0.25) is 5.95 Å². The van der Waals surface area contributed by atoms with Gasteiger partial charge in [-0.15, -0.1) is 0 Å². The maximum Gasteiger partial charge on any atom is 0.255 e. The minimum atomic E-state index is -0.734. The average molecular weight is 445 g/mol. The smallest absolute Gasteiger partial charge is 0.255 e. The molecule has 5 rings (SSSR count). The van der Waals surface area contributed by atoms with Crippen LogP contribution in [0.15, 0.2) is 47.4 Å². The van der Waals surface area contributed by atoms with Crippen LogP contribution in [0.5, 0.6) is 5.75 Å². The maximum atomic E-state index is 14.9. The molecule has 8 heteroatoms. The molecule has 168 valence electrons. The molecule has 0 saturated heterocycles. The Balaban J connectivity index is 1.65. The van der Waals surface area contributed by atoms with Gasteiger partial charge in [0.15, 0.2) is 5.82 Å². The number of aromatic amines is 1. The Morgan fingerprint density at radius 2 is 1.85 bits per heavy atom. The largest absolute Gasteiger partial charge is 0.493 e. The van der Waals surface area contributed by atoms with E-state index in [-0.39, 0.29) is 23.1 Å². The Morgan fingerprint density at radius 3 is 2.64 bits per heavy atom. The summed E-state index contributed by atoms with van der Waals surface area (Å²) < 4.78 is 20.7. The van der Waals surface area contributed by atoms with Crippen molar-refractivity contribution in [3.05, 3.63) is 70.0 Å². The minimum absolute atomic E-state index is 0.00875. The topological polar surface area (TPSA) is 97.1 Å². The van der Waals surface area contributed by atoms with Crippen LogP contribution in [0.25, 0.3) is 33.3 Å². The lowest BCUT2D eigenvalue weighted by Crippen LogP contribution is -2.26. The first-order valence-electron chi connectivity index (χ1n) is 10.7. The van der Waals surface area contributed by atoms with Crippen molar-refractivity contribution >= 4 is 16.6 Å². The van der Waals surface area contributed by atoms with Crippen LogP contribution >= 0.6 is 0 Å². The van der Waals surface area contributed by atoms with Crippen LogP contribution < -0.4 is 16.0 Å². The highest BCUT2D eigenvalue weighted by molar-refractivity contribution is 5.90. The Labute approximate surface area is 190 Å². The normalized spacial score (nSPS) is 15.5. The molecule has 1 atom stereocenters. The van der Waals surface area contributed by atoms with Crippen molar-refractivity contribution in [2.75, 3.05) is 26.4 Å². The van der Waals surface area contributed by atoms with E-state index in [1.807, 2.05) is 39.2 Å². The van der Waals surface area contributed by atoms with Crippen molar-refractivity contribution in [1.82, 2.24) is 19.9 Å². The molecule has 2 aromatic carbocycles. The summed E-state index contributed by atoms with van der Waals surface area (Å²) in [5.41, 5.74) is 9.55. The number of benzene rings is 2. The van der Waals surface area contributed by atoms with Crippen molar-refractivity contribution in [2.45, 2.75) is 19.4 Å². The van der Waals surface area contributed by atoms with Crippen molar-refractivity contribution < 1.29 is 9.13 Å². The first kappa shape index (κ1) is 21.1. The highest BCUT2D eigenvalue weighted by Crippen LogP contribution is 2.38. The van der Waals surface area contributed by atoms with Gasteiger partial charge in [0.05, 0.1) is 6.61 Å². The van der Waals surface area contributed by atoms with Crippen molar-refractivity contribution in [3.63, 3.8) is 0 Å². The summed E-state index contributed by atoms with van der Waals surface area (Å²) in [7, 11) is 4.03. The third-order valence-electron chi connectivity index (χ3n) is 6.18. The maximum absolute atomic E-state index is 14.9. The first-order valence-corrected chi connectivity index (χ1v) is 10.7. The highest BCUT2D eigenvalue weighted by Gasteiger charge is 2.25. The zero-order valence-corrected chi connectivity index (χ0v) is 18.6. The van der Waals surface area contributed by atoms with E-state index in [2.05, 4.69) is 19.9 Å². The third-order valence-corrected chi connectivity index (χ3v) is 6.18. The van der Waals surface area contributed by atoms with Crippen LogP contribution in [0, 0.1) is 12.9 Å². The lowest BCUT2D eigenvalue weighted by atomic mass is 9.96. The number of hydrogen-bond donors (Lipinski definition) is 2. The standard InChI is InChI=1S/C25H24FN5O2/c1-13-12-28-25(32)16-6-4-15(10-17(13)16)22-24(27)30-23(26)21(29-22)14-5-7-20-18(11-14)19(31(2)3)8-9-33-20/h4-7,10-12,19H,8-9H2,1-3H3,(H2,27,30)(H,28,32)/t19-/m1/s1. The highest BCUT2D eigenvalue weighted by atomic mass is 19.1. The number of rotatable bonds is 3. The van der Waals surface area contributed by atoms with Crippen molar-refractivity contribution in [1.29, 1.82) is 0 Å². The molecule has 1 aliphatic rings. The van der Waals surface area contributed by atoms with Crippen LogP contribution in [-0.4, -0.2) is 40.6 Å². The van der Waals surface area contributed by atoms with E-state index in [1.54, 1.807) is 24.4 Å². The molecular formula is C25H24FN5O2. The SMILES string of the molecule is Cc1c[nH]c(=O)c2ccc(-c3nc(-c4ccc5c(c4)[C@H](N(C)C)CCO5)c(F)nc3N)cc12. The van der Waals surface area contributed by atoms with E-state index in [1.165, 1.54) is 0 Å². The number of anilines is 1. The molecule has 0 unspecified atom stereocenters. The molecule has 3 N–H and O–H groups in total. The van der Waals surface area contributed by atoms with E-state index in [4.69, 9.17) is 10.5 Å². The molecule has 0 bridgehead atoms. The molecular weight excluding hydrogens is 421 g/mol. The van der Waals surface area contributed by atoms with E-state index in [9.17, 15) is 9.18 Å². The quantitative estimate of drug-likeness (QED) is 0.494. The molecule has 0 spiro atoms. The molecule has 0 amide bonds. The van der Waals surface area contributed by atoms with Gasteiger partial charge in [-0.3, -0.25) is 4.79 Å². The summed E-state index contributed by atoms with van der Waals surface area (Å²) >= 11 is 0. The summed E-state index contributed by atoms with van der Waals surface area (Å²) in [6, 6.07) is 11.0. The molecule has 2 aromatic heterocycles. The van der Waals surface area contributed by atoms with Crippen molar-refractivity contribution in [2.24, 2.45) is 0 Å². The minimum Gasteiger partial charge on any atom is -0.493 e. The summed E-state index contributed by atoms with van der Waals surface area (Å²) in [5.74, 6) is 0.0521. The molecule has 0 aliphatic carbocycles. The number of aryl methyl sites for hydroxylation is 1. The van der Waals surface area contributed by atoms with Gasteiger partial charge in [-0.2, -0.15) is 9.37 Å². The van der Waals surface area contributed by atoms with Gasteiger partial charge in [0, 0.05) is 40.7 Å². The Kier molecular flexibility index (Phi) is 5.09. The number of nitrogen functional groups attached to an aromatic ring is 1. The second-order valence-electron chi connectivity index (χ2n) is 8.53. The van der Waals surface area contributed by atoms with E-state index >= 15 is 0 Å². The van der Waals surface area contributed by atoms with Gasteiger partial charge < -0.3 is 20.4 Å². The fourth-order valence-corrected chi connectivity index (χ4v) is 4.43. The van der Waals surface area contributed by atoms with Gasteiger partial charge in [0.1, 0.15) is 17.1 Å². The fraction of sp³-hybridized carbons (Fsp3) is 0.240. The molecule has 1 aliphatic heterocycles. The first-order chi connectivity index (χ1) is 15.8. The molecule has 3 heterocycles. The number of aromatic nitrogens is 3. The second kappa shape index (κ2) is 7.97. The van der Waals surface area contributed by atoms with Crippen LogP contribution in [0.4, 0.5) is 10.2 Å². The molecule has 0 radical (unpaired) electrons. The summed E-state index contributed by atoms with van der Waals surface area (Å²) in [6.45, 7) is 2.54. The number of pyridine rings is 1. The predicted octanol–water partition coefficient (Wildman–Crippen LogP) is 4.07. The summed E-state index contributed by atoms with van der Waals surface area (Å²) in [5, 5.41) is 1.35. The van der Waals surface area contributed by atoms with Crippen LogP contribution in [0.3, 0.4) is 0 Å². The third kappa shape index (κ3) is 3.62. The average Bonchev–Trinajstić information content (AvgIpc) is 2.80. The number of ether oxygens (including phenoxy) is 1. The van der Waals surface area contributed by atoms with Crippen LogP contribution in [0.2, 0.25) is 0 Å². The van der Waals surface area contributed by atoms with E-state index in [0.717, 1.165) is 28.7 Å². The van der Waals surface area contributed by atoms with Gasteiger partial charge in [-0.05, 0) is 62.3 Å². The number of halogens is 1. The molecule has 0 saturated carbocycles. The molecule has 7 nitrogen and oxygen atoms in total. The number of fused-ring (bicyclic) bond motifs is 2. The molecule has 33 heavy (non-hydrogen) atoms.